The predicted octanol–water partition coefficient (Wildman–Crippen LogP) is 12.0. The molecule has 1 aromatic rings. The van der Waals surface area contributed by atoms with E-state index in [1.807, 2.05) is 19.9 Å². The Balaban J connectivity index is 1.64. The van der Waals surface area contributed by atoms with Crippen LogP contribution in [0.1, 0.15) is 153 Å². The number of halogens is 4. The Morgan fingerprint density at radius 3 is 2.42 bits per heavy atom. The molecule has 328 valence electrons. The molecule has 0 N–H and O–H groups in total. The molecule has 0 bridgehead atoms. The number of hydrogen-bond acceptors (Lipinski definition) is 6. The maximum Gasteiger partial charge on any atom is 0.271 e. The van der Waals surface area contributed by atoms with Crippen LogP contribution < -0.4 is 0 Å². The molecule has 0 spiro atoms. The molecule has 1 amide bonds. The fourth-order valence-electron chi connectivity index (χ4n) is 8.73. The van der Waals surface area contributed by atoms with Gasteiger partial charge in [0.25, 0.3) is 17.8 Å². The third kappa shape index (κ3) is 13.9. The number of ketones is 2. The van der Waals surface area contributed by atoms with E-state index >= 15 is 4.79 Å². The minimum Gasteiger partial charge on any atom is -0.494 e. The van der Waals surface area contributed by atoms with Crippen LogP contribution in [0.2, 0.25) is 0 Å². The van der Waals surface area contributed by atoms with Crippen LogP contribution >= 0.6 is 0 Å². The second-order valence-electron chi connectivity index (χ2n) is 16.8. The number of methoxy groups -OCH3 is 1. The van der Waals surface area contributed by atoms with Gasteiger partial charge in [0.05, 0.1) is 6.61 Å². The molecule has 1 saturated carbocycles. The van der Waals surface area contributed by atoms with Gasteiger partial charge in [-0.15, -0.1) is 0 Å². The molecule has 59 heavy (non-hydrogen) atoms. The summed E-state index contributed by atoms with van der Waals surface area (Å²) in [4.78, 5) is 43.3. The topological polar surface area (TPSA) is 82.1 Å². The third-order valence-corrected chi connectivity index (χ3v) is 11.9. The van der Waals surface area contributed by atoms with Crippen LogP contribution in [0.3, 0.4) is 0 Å². The van der Waals surface area contributed by atoms with Gasteiger partial charge in [0.2, 0.25) is 0 Å². The Hall–Kier alpha value is -3.73. The van der Waals surface area contributed by atoms with Gasteiger partial charge in [-0.3, -0.25) is 14.4 Å². The lowest BCUT2D eigenvalue weighted by Gasteiger charge is -2.43. The van der Waals surface area contributed by atoms with E-state index in [0.717, 1.165) is 58.1 Å². The lowest BCUT2D eigenvalue weighted by molar-refractivity contribution is -0.163. The Labute approximate surface area is 349 Å². The minimum atomic E-state index is -3.29. The summed E-state index contributed by atoms with van der Waals surface area (Å²) in [5.41, 5.74) is -1.18. The van der Waals surface area contributed by atoms with E-state index < -0.39 is 34.7 Å². The summed E-state index contributed by atoms with van der Waals surface area (Å²) in [6, 6.07) is 5.62. The van der Waals surface area contributed by atoms with Crippen LogP contribution in [0.25, 0.3) is 0 Å². The largest absolute Gasteiger partial charge is 0.494 e. The molecule has 0 heterocycles. The minimum absolute atomic E-state index is 0.0512. The second-order valence-corrected chi connectivity index (χ2v) is 16.8. The summed E-state index contributed by atoms with van der Waals surface area (Å²) >= 11 is 0. The molecule has 7 nitrogen and oxygen atoms in total. The summed E-state index contributed by atoms with van der Waals surface area (Å²) in [7, 11) is 1.51. The monoisotopic (exact) mass is 829 g/mol. The average molecular weight is 830 g/mol. The number of alkyl halides is 4. The maximum atomic E-state index is 15.4. The molecule has 0 aromatic heterocycles. The summed E-state index contributed by atoms with van der Waals surface area (Å²) in [5, 5.41) is 0. The summed E-state index contributed by atoms with van der Waals surface area (Å²) in [6.07, 6.45) is 17.2. The fraction of sp³-hybridized carbons (Fsp3) is 0.646. The molecule has 1 fully saturated rings. The van der Waals surface area contributed by atoms with Crippen molar-refractivity contribution in [2.45, 2.75) is 154 Å². The highest BCUT2D eigenvalue weighted by molar-refractivity contribution is 5.98. The van der Waals surface area contributed by atoms with Crippen molar-refractivity contribution in [1.82, 2.24) is 4.90 Å². The van der Waals surface area contributed by atoms with Gasteiger partial charge >= 0.3 is 0 Å². The Morgan fingerprint density at radius 1 is 0.966 bits per heavy atom. The first-order valence-electron chi connectivity index (χ1n) is 21.9. The Morgan fingerprint density at radius 2 is 1.75 bits per heavy atom. The number of Topliss-reactive ketones (excluding diaryl/α,β-unsaturated/α-hetero) is 2. The van der Waals surface area contributed by atoms with Gasteiger partial charge in [-0.1, -0.05) is 50.6 Å². The first-order valence-corrected chi connectivity index (χ1v) is 21.9. The van der Waals surface area contributed by atoms with Crippen molar-refractivity contribution in [1.29, 1.82) is 0 Å². The van der Waals surface area contributed by atoms with Crippen LogP contribution in [0.4, 0.5) is 17.6 Å². The molecule has 0 saturated heterocycles. The molecule has 3 aliphatic carbocycles. The maximum absolute atomic E-state index is 15.4. The van der Waals surface area contributed by atoms with E-state index in [4.69, 9.17) is 14.2 Å². The SMILES string of the molecule is CCCCC(OC1=CCC(C(C)(F)F)=C1)(C(=O)N(CCC)CCCC1=C(OCCCC2CCCC(=O)C2)C=CCC1)C(CCOC)CC(=O)c1ccccc1C(C)(F)F. The highest BCUT2D eigenvalue weighted by Gasteiger charge is 2.51. The van der Waals surface area contributed by atoms with Crippen LogP contribution in [0.5, 0.6) is 0 Å². The molecule has 11 heteroatoms. The zero-order chi connectivity index (χ0) is 43.1. The van der Waals surface area contributed by atoms with Crippen LogP contribution in [0, 0.1) is 11.8 Å². The predicted molar refractivity (Wildman–Crippen MR) is 223 cm³/mol. The standard InChI is InChI=1S/C48H67F4NO6/c1-6-8-27-48(59-40-25-24-37(33-40)46(3,49)50,38(26-31-57-5)34-43(55)41-21-10-11-22-42(41)47(4,51)52)45(56)53(28-7-2)29-14-19-36-18-9-12-23-44(36)58-30-15-17-35-16-13-20-39(54)32-35/h10-12,21-23,25,33,35,38H,6-9,13-20,24,26-32,34H2,1-5H3. The average Bonchev–Trinajstić information content (AvgIpc) is 3.68. The van der Waals surface area contributed by atoms with E-state index in [9.17, 15) is 27.2 Å². The zero-order valence-corrected chi connectivity index (χ0v) is 36.0. The fourth-order valence-corrected chi connectivity index (χ4v) is 8.73. The highest BCUT2D eigenvalue weighted by atomic mass is 19.3. The van der Waals surface area contributed by atoms with E-state index in [1.165, 1.54) is 43.0 Å². The second kappa shape index (κ2) is 22.8. The number of nitrogens with zero attached hydrogens (tertiary/aromatic N) is 1. The van der Waals surface area contributed by atoms with Crippen molar-refractivity contribution < 1.29 is 46.2 Å². The number of amides is 1. The van der Waals surface area contributed by atoms with Crippen LogP contribution in [-0.4, -0.2) is 67.3 Å². The molecular weight excluding hydrogens is 763 g/mol. The lowest BCUT2D eigenvalue weighted by Crippen LogP contribution is -2.56. The van der Waals surface area contributed by atoms with Crippen LogP contribution in [0.15, 0.2) is 71.2 Å². The van der Waals surface area contributed by atoms with Gasteiger partial charge < -0.3 is 19.1 Å². The molecule has 3 unspecified atom stereocenters. The van der Waals surface area contributed by atoms with Crippen molar-refractivity contribution in [3.63, 3.8) is 0 Å². The van der Waals surface area contributed by atoms with Gasteiger partial charge in [0, 0.05) is 82.5 Å². The number of allylic oxidation sites excluding steroid dienone is 6. The number of hydrogen-bond donors (Lipinski definition) is 0. The summed E-state index contributed by atoms with van der Waals surface area (Å²) in [6.45, 7) is 7.02. The van der Waals surface area contributed by atoms with E-state index in [0.29, 0.717) is 76.3 Å². The van der Waals surface area contributed by atoms with Crippen molar-refractivity contribution in [3.05, 3.63) is 82.4 Å². The van der Waals surface area contributed by atoms with E-state index in [-0.39, 0.29) is 55.1 Å². The molecule has 0 radical (unpaired) electrons. The number of carbonyl (C=O) groups is 3. The summed E-state index contributed by atoms with van der Waals surface area (Å²) < 4.78 is 77.3. The lowest BCUT2D eigenvalue weighted by atomic mass is 9.75. The van der Waals surface area contributed by atoms with Gasteiger partial charge in [0.1, 0.15) is 17.3 Å². The number of ether oxygens (including phenoxy) is 3. The Kier molecular flexibility index (Phi) is 18.5. The van der Waals surface area contributed by atoms with Crippen molar-refractivity contribution in [2.24, 2.45) is 11.8 Å². The first kappa shape index (κ1) is 47.9. The molecule has 1 aromatic carbocycles. The number of unbranched alkanes of at least 4 members (excludes halogenated alkanes) is 1. The van der Waals surface area contributed by atoms with Gasteiger partial charge in [0.15, 0.2) is 11.4 Å². The van der Waals surface area contributed by atoms with Crippen molar-refractivity contribution >= 4 is 17.5 Å². The quantitative estimate of drug-likeness (QED) is 0.0525. The molecule has 4 rings (SSSR count). The van der Waals surface area contributed by atoms with Gasteiger partial charge in [-0.05, 0) is 113 Å². The molecule has 3 aliphatic rings. The zero-order valence-electron chi connectivity index (χ0n) is 36.0. The molecular formula is C48H67F4NO6. The van der Waals surface area contributed by atoms with E-state index in [1.54, 1.807) is 11.0 Å². The van der Waals surface area contributed by atoms with Crippen LogP contribution in [-0.2, 0) is 29.7 Å². The third-order valence-electron chi connectivity index (χ3n) is 11.9. The first-order chi connectivity index (χ1) is 28.1. The number of rotatable bonds is 26. The van der Waals surface area contributed by atoms with E-state index in [2.05, 4.69) is 6.08 Å². The Bertz CT molecular complexity index is 1690. The van der Waals surface area contributed by atoms with Crippen molar-refractivity contribution in [3.8, 4) is 0 Å². The summed E-state index contributed by atoms with van der Waals surface area (Å²) in [5.74, 6) is -6.35. The molecule has 3 atom stereocenters. The highest BCUT2D eigenvalue weighted by Crippen LogP contribution is 2.42. The number of benzene rings is 1. The smallest absolute Gasteiger partial charge is 0.271 e. The van der Waals surface area contributed by atoms with Gasteiger partial charge in [-0.2, -0.15) is 0 Å². The normalized spacial score (nSPS) is 18.9. The number of carbonyl (C=O) groups excluding carboxylic acids is 3. The van der Waals surface area contributed by atoms with Gasteiger partial charge in [-0.25, -0.2) is 17.6 Å². The van der Waals surface area contributed by atoms with Crippen molar-refractivity contribution in [2.75, 3.05) is 33.4 Å². The molecule has 0 aliphatic heterocycles.